The number of nitrogens with one attached hydrogen (secondary N) is 1. The molecule has 38 heavy (non-hydrogen) atoms. The molecule has 1 saturated heterocycles. The van der Waals surface area contributed by atoms with E-state index in [1.807, 2.05) is 24.3 Å². The second-order valence-corrected chi connectivity index (χ2v) is 10.1. The van der Waals surface area contributed by atoms with Crippen molar-refractivity contribution in [3.05, 3.63) is 78.1 Å². The van der Waals surface area contributed by atoms with Crippen LogP contribution in [0.15, 0.2) is 65.5 Å². The van der Waals surface area contributed by atoms with E-state index in [9.17, 15) is 14.0 Å². The van der Waals surface area contributed by atoms with Crippen molar-refractivity contribution in [1.29, 1.82) is 0 Å². The Labute approximate surface area is 220 Å². The van der Waals surface area contributed by atoms with Gasteiger partial charge in [0.2, 0.25) is 0 Å². The minimum atomic E-state index is -0.769. The van der Waals surface area contributed by atoms with Crippen molar-refractivity contribution < 1.29 is 32.6 Å². The minimum absolute atomic E-state index is 0.0878. The quantitative estimate of drug-likeness (QED) is 0.465. The number of nitrogens with zero attached hydrogens (tertiary/aromatic N) is 2. The molecule has 2 aromatic carbocycles. The second kappa shape index (κ2) is 11.6. The number of hydrogen-bond acceptors (Lipinski definition) is 7. The van der Waals surface area contributed by atoms with E-state index in [1.54, 1.807) is 44.0 Å². The van der Waals surface area contributed by atoms with Gasteiger partial charge in [0.1, 0.15) is 17.5 Å². The SMILES string of the molecule is CO[C@H]1CN(C(=O)OC(C)(C)C)[C@H](Cc2ccc(-c3cnco3)cc2)[C@@H]1OC(=O)NCc1cccc(F)c1. The molecule has 2 amide bonds. The summed E-state index contributed by atoms with van der Waals surface area (Å²) in [6, 6.07) is 13.0. The van der Waals surface area contributed by atoms with Gasteiger partial charge in [-0.1, -0.05) is 36.4 Å². The van der Waals surface area contributed by atoms with Crippen LogP contribution in [0, 0.1) is 5.82 Å². The molecule has 3 aromatic rings. The number of hydrogen-bond donors (Lipinski definition) is 1. The lowest BCUT2D eigenvalue weighted by atomic mass is 9.99. The van der Waals surface area contributed by atoms with Crippen molar-refractivity contribution in [2.45, 2.75) is 57.6 Å². The summed E-state index contributed by atoms with van der Waals surface area (Å²) in [6.45, 7) is 5.65. The van der Waals surface area contributed by atoms with Gasteiger partial charge in [0, 0.05) is 19.2 Å². The van der Waals surface area contributed by atoms with Gasteiger partial charge in [-0.25, -0.2) is 19.0 Å². The molecule has 1 aromatic heterocycles. The molecule has 0 spiro atoms. The summed E-state index contributed by atoms with van der Waals surface area (Å²) in [4.78, 5) is 31.4. The summed E-state index contributed by atoms with van der Waals surface area (Å²) in [5, 5.41) is 2.65. The number of benzene rings is 2. The van der Waals surface area contributed by atoms with Gasteiger partial charge in [-0.3, -0.25) is 4.90 Å². The molecule has 2 heterocycles. The number of rotatable bonds is 7. The molecule has 0 radical (unpaired) electrons. The normalized spacial score (nSPS) is 19.3. The number of amides is 2. The first kappa shape index (κ1) is 27.1. The van der Waals surface area contributed by atoms with Crippen molar-refractivity contribution in [3.63, 3.8) is 0 Å². The Kier molecular flexibility index (Phi) is 8.31. The van der Waals surface area contributed by atoms with Crippen LogP contribution in [0.3, 0.4) is 0 Å². The molecule has 0 unspecified atom stereocenters. The monoisotopic (exact) mass is 525 g/mol. The lowest BCUT2D eigenvalue weighted by Gasteiger charge is -2.30. The Bertz CT molecular complexity index is 1230. The number of aromatic nitrogens is 1. The van der Waals surface area contributed by atoms with Crippen molar-refractivity contribution in [1.82, 2.24) is 15.2 Å². The third kappa shape index (κ3) is 6.89. The van der Waals surface area contributed by atoms with Crippen LogP contribution in [0.4, 0.5) is 14.0 Å². The Morgan fingerprint density at radius 2 is 1.92 bits per heavy atom. The van der Waals surface area contributed by atoms with Crippen LogP contribution in [0.2, 0.25) is 0 Å². The predicted molar refractivity (Wildman–Crippen MR) is 137 cm³/mol. The van der Waals surface area contributed by atoms with Gasteiger partial charge in [0.05, 0.1) is 18.8 Å². The number of alkyl carbamates (subject to hydrolysis) is 1. The van der Waals surface area contributed by atoms with E-state index >= 15 is 0 Å². The number of methoxy groups -OCH3 is 1. The first-order valence-electron chi connectivity index (χ1n) is 12.3. The van der Waals surface area contributed by atoms with Crippen molar-refractivity contribution in [2.24, 2.45) is 0 Å². The number of ether oxygens (including phenoxy) is 3. The maximum Gasteiger partial charge on any atom is 0.410 e. The molecule has 10 heteroatoms. The Hall–Kier alpha value is -3.92. The highest BCUT2D eigenvalue weighted by molar-refractivity contribution is 5.70. The van der Waals surface area contributed by atoms with Crippen LogP contribution in [-0.4, -0.2) is 59.6 Å². The fraction of sp³-hybridized carbons (Fsp3) is 0.393. The van der Waals surface area contributed by atoms with Gasteiger partial charge in [0.15, 0.2) is 18.3 Å². The molecule has 1 aliphatic heterocycles. The van der Waals surface area contributed by atoms with Crippen molar-refractivity contribution in [3.8, 4) is 11.3 Å². The molecule has 0 aliphatic carbocycles. The lowest BCUT2D eigenvalue weighted by molar-refractivity contribution is -0.00746. The summed E-state index contributed by atoms with van der Waals surface area (Å²) < 4.78 is 35.9. The highest BCUT2D eigenvalue weighted by Crippen LogP contribution is 2.29. The standard InChI is InChI=1S/C28H32FN3O6/c1-28(2,3)38-27(34)32-16-24(35-4)25(37-26(33)31-14-19-6-5-7-21(29)12-19)22(32)13-18-8-10-20(11-9-18)23-15-30-17-36-23/h5-12,15,17,22,24-25H,13-14,16H2,1-4H3,(H,31,33)/t22-,24+,25+/m1/s1. The fourth-order valence-electron chi connectivity index (χ4n) is 4.37. The number of halogens is 1. The second-order valence-electron chi connectivity index (χ2n) is 10.1. The fourth-order valence-corrected chi connectivity index (χ4v) is 4.37. The summed E-state index contributed by atoms with van der Waals surface area (Å²) in [5.41, 5.74) is 1.67. The third-order valence-corrected chi connectivity index (χ3v) is 6.14. The van der Waals surface area contributed by atoms with E-state index in [0.717, 1.165) is 11.1 Å². The van der Waals surface area contributed by atoms with Gasteiger partial charge in [-0.15, -0.1) is 0 Å². The number of oxazole rings is 1. The molecule has 3 atom stereocenters. The Balaban J connectivity index is 1.52. The van der Waals surface area contributed by atoms with Gasteiger partial charge in [-0.2, -0.15) is 0 Å². The van der Waals surface area contributed by atoms with E-state index in [1.165, 1.54) is 25.6 Å². The molecule has 0 bridgehead atoms. The van der Waals surface area contributed by atoms with Crippen LogP contribution in [0.25, 0.3) is 11.3 Å². The number of carbonyl (C=O) groups is 2. The van der Waals surface area contributed by atoms with Crippen LogP contribution in [0.5, 0.6) is 0 Å². The predicted octanol–water partition coefficient (Wildman–Crippen LogP) is 4.95. The molecule has 1 aliphatic rings. The van der Waals surface area contributed by atoms with Crippen LogP contribution >= 0.6 is 0 Å². The first-order chi connectivity index (χ1) is 18.1. The lowest BCUT2D eigenvalue weighted by Crippen LogP contribution is -2.46. The highest BCUT2D eigenvalue weighted by atomic mass is 19.1. The zero-order valence-corrected chi connectivity index (χ0v) is 21.8. The van der Waals surface area contributed by atoms with Crippen molar-refractivity contribution in [2.75, 3.05) is 13.7 Å². The zero-order chi connectivity index (χ0) is 27.3. The van der Waals surface area contributed by atoms with Gasteiger partial charge < -0.3 is 23.9 Å². The molecule has 1 N–H and O–H groups in total. The molecular formula is C28H32FN3O6. The summed E-state index contributed by atoms with van der Waals surface area (Å²) in [5.74, 6) is 0.249. The Morgan fingerprint density at radius 1 is 1.16 bits per heavy atom. The number of likely N-dealkylation sites (tertiary alicyclic amines) is 1. The topological polar surface area (TPSA) is 103 Å². The van der Waals surface area contributed by atoms with E-state index in [4.69, 9.17) is 18.6 Å². The maximum atomic E-state index is 13.5. The molecule has 9 nitrogen and oxygen atoms in total. The summed E-state index contributed by atoms with van der Waals surface area (Å²) in [7, 11) is 1.51. The first-order valence-corrected chi connectivity index (χ1v) is 12.3. The molecule has 1 fully saturated rings. The maximum absolute atomic E-state index is 13.5. The summed E-state index contributed by atoms with van der Waals surface area (Å²) in [6.07, 6.45) is 0.831. The van der Waals surface area contributed by atoms with Gasteiger partial charge in [-0.05, 0) is 50.5 Å². The number of carbonyl (C=O) groups excluding carboxylic acids is 2. The Morgan fingerprint density at radius 3 is 2.55 bits per heavy atom. The average molecular weight is 526 g/mol. The van der Waals surface area contributed by atoms with E-state index in [-0.39, 0.29) is 13.1 Å². The summed E-state index contributed by atoms with van der Waals surface area (Å²) >= 11 is 0. The molecule has 202 valence electrons. The minimum Gasteiger partial charge on any atom is -0.444 e. The zero-order valence-electron chi connectivity index (χ0n) is 21.8. The van der Waals surface area contributed by atoms with Crippen LogP contribution in [0.1, 0.15) is 31.9 Å². The van der Waals surface area contributed by atoms with Crippen LogP contribution < -0.4 is 5.32 Å². The smallest absolute Gasteiger partial charge is 0.410 e. The van der Waals surface area contributed by atoms with Gasteiger partial charge >= 0.3 is 12.2 Å². The van der Waals surface area contributed by atoms with E-state index in [0.29, 0.717) is 17.7 Å². The largest absolute Gasteiger partial charge is 0.444 e. The molecule has 0 saturated carbocycles. The average Bonchev–Trinajstić information content (AvgIpc) is 3.51. The van der Waals surface area contributed by atoms with Gasteiger partial charge in [0.25, 0.3) is 0 Å². The van der Waals surface area contributed by atoms with E-state index < -0.39 is 41.9 Å². The van der Waals surface area contributed by atoms with Crippen LogP contribution in [-0.2, 0) is 27.2 Å². The van der Waals surface area contributed by atoms with E-state index in [2.05, 4.69) is 10.3 Å². The third-order valence-electron chi connectivity index (χ3n) is 6.14. The van der Waals surface area contributed by atoms with Crippen molar-refractivity contribution >= 4 is 12.2 Å². The molecule has 4 rings (SSSR count). The molecular weight excluding hydrogens is 493 g/mol. The highest BCUT2D eigenvalue weighted by Gasteiger charge is 2.48.